The molecule has 1 saturated carbocycles. The van der Waals surface area contributed by atoms with Crippen molar-refractivity contribution in [3.63, 3.8) is 0 Å². The third-order valence-electron chi connectivity index (χ3n) is 7.08. The van der Waals surface area contributed by atoms with E-state index in [1.54, 1.807) is 7.11 Å². The Labute approximate surface area is 169 Å². The lowest BCUT2D eigenvalue weighted by molar-refractivity contribution is 0.0392. The van der Waals surface area contributed by atoms with E-state index in [9.17, 15) is 4.79 Å². The zero-order valence-electron chi connectivity index (χ0n) is 18.2. The highest BCUT2D eigenvalue weighted by molar-refractivity contribution is 5.93. The summed E-state index contributed by atoms with van der Waals surface area (Å²) in [6, 6.07) is 4.16. The Morgan fingerprint density at radius 1 is 1.18 bits per heavy atom. The van der Waals surface area contributed by atoms with E-state index in [2.05, 4.69) is 32.9 Å². The number of hydrogen-bond acceptors (Lipinski definition) is 4. The summed E-state index contributed by atoms with van der Waals surface area (Å²) in [4.78, 5) is 12.4. The normalized spacial score (nSPS) is 25.5. The van der Waals surface area contributed by atoms with Crippen LogP contribution in [0.3, 0.4) is 0 Å². The largest absolute Gasteiger partial charge is 0.490 e. The van der Waals surface area contributed by atoms with E-state index in [1.807, 2.05) is 0 Å². The van der Waals surface area contributed by atoms with E-state index in [0.29, 0.717) is 41.8 Å². The van der Waals surface area contributed by atoms with Crippen LogP contribution in [0.1, 0.15) is 80.3 Å². The number of fused-ring (bicyclic) bond motifs is 3. The molecule has 0 bridgehead atoms. The second-order valence-corrected chi connectivity index (χ2v) is 9.11. The van der Waals surface area contributed by atoms with Crippen molar-refractivity contribution in [1.82, 2.24) is 0 Å². The molecule has 0 amide bonds. The topological polar surface area (TPSA) is 44.8 Å². The number of rotatable bonds is 7. The molecule has 2 aliphatic rings. The first-order chi connectivity index (χ1) is 13.4. The van der Waals surface area contributed by atoms with Gasteiger partial charge in [-0.05, 0) is 78.5 Å². The van der Waals surface area contributed by atoms with Crippen LogP contribution in [0.5, 0.6) is 5.75 Å². The van der Waals surface area contributed by atoms with Crippen molar-refractivity contribution in [3.8, 4) is 5.75 Å². The molecule has 1 aromatic carbocycles. The maximum Gasteiger partial charge on any atom is 0.341 e. The monoisotopic (exact) mass is 388 g/mol. The SMILES string of the molecule is CCCC1C2CCc3cc(OCCOC)c(C(=O)OC)cc3C2CCC1(C)C. The van der Waals surface area contributed by atoms with Gasteiger partial charge in [0.15, 0.2) is 0 Å². The first kappa shape index (κ1) is 21.2. The number of aryl methyl sites for hydroxylation is 1. The number of methoxy groups -OCH3 is 2. The van der Waals surface area contributed by atoms with Crippen LogP contribution >= 0.6 is 0 Å². The molecule has 28 heavy (non-hydrogen) atoms. The van der Waals surface area contributed by atoms with Crippen LogP contribution in [0.15, 0.2) is 12.1 Å². The first-order valence-electron chi connectivity index (χ1n) is 10.8. The molecular weight excluding hydrogens is 352 g/mol. The summed E-state index contributed by atoms with van der Waals surface area (Å²) in [7, 11) is 3.08. The number of hydrogen-bond donors (Lipinski definition) is 0. The molecule has 0 aromatic heterocycles. The minimum absolute atomic E-state index is 0.321. The molecule has 0 aliphatic heterocycles. The zero-order chi connectivity index (χ0) is 20.3. The van der Waals surface area contributed by atoms with Gasteiger partial charge in [-0.15, -0.1) is 0 Å². The van der Waals surface area contributed by atoms with Gasteiger partial charge in [-0.25, -0.2) is 4.79 Å². The maximum atomic E-state index is 12.4. The van der Waals surface area contributed by atoms with Gasteiger partial charge in [0.25, 0.3) is 0 Å². The standard InChI is InChI=1S/C24H36O4/c1-6-7-21-18-9-8-16-14-22(28-13-12-26-4)20(23(25)27-5)15-19(16)17(18)10-11-24(21,2)3/h14-15,17-18,21H,6-13H2,1-5H3. The van der Waals surface area contributed by atoms with Crippen molar-refractivity contribution in [2.75, 3.05) is 27.4 Å². The molecule has 0 spiro atoms. The Balaban J connectivity index is 1.96. The third-order valence-corrected chi connectivity index (χ3v) is 7.08. The fourth-order valence-electron chi connectivity index (χ4n) is 5.64. The van der Waals surface area contributed by atoms with E-state index in [-0.39, 0.29) is 5.97 Å². The second kappa shape index (κ2) is 8.86. The Bertz CT molecular complexity index is 694. The smallest absolute Gasteiger partial charge is 0.341 e. The van der Waals surface area contributed by atoms with Crippen molar-refractivity contribution in [3.05, 3.63) is 28.8 Å². The summed E-state index contributed by atoms with van der Waals surface area (Å²) < 4.78 is 16.0. The minimum Gasteiger partial charge on any atom is -0.490 e. The molecule has 2 aliphatic carbocycles. The van der Waals surface area contributed by atoms with E-state index in [0.717, 1.165) is 12.3 Å². The fraction of sp³-hybridized carbons (Fsp3) is 0.708. The lowest BCUT2D eigenvalue weighted by Gasteiger charge is -2.51. The first-order valence-corrected chi connectivity index (χ1v) is 10.8. The van der Waals surface area contributed by atoms with Crippen LogP contribution in [-0.2, 0) is 15.9 Å². The molecule has 3 unspecified atom stereocenters. The van der Waals surface area contributed by atoms with Crippen molar-refractivity contribution >= 4 is 5.97 Å². The average Bonchev–Trinajstić information content (AvgIpc) is 2.68. The van der Waals surface area contributed by atoms with E-state index in [4.69, 9.17) is 14.2 Å². The predicted octanol–water partition coefficient (Wildman–Crippen LogP) is 5.38. The molecule has 1 fully saturated rings. The summed E-state index contributed by atoms with van der Waals surface area (Å²) >= 11 is 0. The summed E-state index contributed by atoms with van der Waals surface area (Å²) in [5.74, 6) is 2.32. The molecular formula is C24H36O4. The van der Waals surface area contributed by atoms with Crippen LogP contribution in [0.4, 0.5) is 0 Å². The summed E-state index contributed by atoms with van der Waals surface area (Å²) in [5, 5.41) is 0. The Morgan fingerprint density at radius 3 is 2.64 bits per heavy atom. The molecule has 0 N–H and O–H groups in total. The van der Waals surface area contributed by atoms with E-state index >= 15 is 0 Å². The number of benzene rings is 1. The van der Waals surface area contributed by atoms with Gasteiger partial charge in [0.2, 0.25) is 0 Å². The van der Waals surface area contributed by atoms with Crippen molar-refractivity contribution in [1.29, 1.82) is 0 Å². The van der Waals surface area contributed by atoms with Crippen LogP contribution in [-0.4, -0.2) is 33.4 Å². The number of ether oxygens (including phenoxy) is 3. The minimum atomic E-state index is -0.321. The van der Waals surface area contributed by atoms with Crippen LogP contribution in [0.25, 0.3) is 0 Å². The lowest BCUT2D eigenvalue weighted by atomic mass is 9.54. The van der Waals surface area contributed by atoms with Gasteiger partial charge in [-0.2, -0.15) is 0 Å². The highest BCUT2D eigenvalue weighted by atomic mass is 16.5. The molecule has 1 aromatic rings. The van der Waals surface area contributed by atoms with Gasteiger partial charge in [0, 0.05) is 7.11 Å². The summed E-state index contributed by atoms with van der Waals surface area (Å²) in [6.45, 7) is 8.13. The number of esters is 1. The molecule has 0 radical (unpaired) electrons. The van der Waals surface area contributed by atoms with Gasteiger partial charge in [0.1, 0.15) is 17.9 Å². The summed E-state index contributed by atoms with van der Waals surface area (Å²) in [6.07, 6.45) is 7.29. The van der Waals surface area contributed by atoms with Crippen LogP contribution < -0.4 is 4.74 Å². The molecule has 3 atom stereocenters. The number of carbonyl (C=O) groups excluding carboxylic acids is 1. The third kappa shape index (κ3) is 4.07. The Morgan fingerprint density at radius 2 is 1.96 bits per heavy atom. The van der Waals surface area contributed by atoms with Gasteiger partial charge in [-0.1, -0.05) is 27.2 Å². The number of carbonyl (C=O) groups is 1. The zero-order valence-corrected chi connectivity index (χ0v) is 18.2. The highest BCUT2D eigenvalue weighted by Crippen LogP contribution is 2.56. The Hall–Kier alpha value is -1.55. The lowest BCUT2D eigenvalue weighted by Crippen LogP contribution is -2.41. The maximum absolute atomic E-state index is 12.4. The summed E-state index contributed by atoms with van der Waals surface area (Å²) in [5.41, 5.74) is 3.65. The van der Waals surface area contributed by atoms with E-state index < -0.39 is 0 Å². The molecule has 4 nitrogen and oxygen atoms in total. The van der Waals surface area contributed by atoms with Gasteiger partial charge in [0.05, 0.1) is 13.7 Å². The van der Waals surface area contributed by atoms with Crippen LogP contribution in [0, 0.1) is 17.3 Å². The van der Waals surface area contributed by atoms with Gasteiger partial charge >= 0.3 is 5.97 Å². The van der Waals surface area contributed by atoms with Crippen molar-refractivity contribution in [2.45, 2.75) is 65.2 Å². The van der Waals surface area contributed by atoms with Crippen LogP contribution in [0.2, 0.25) is 0 Å². The average molecular weight is 389 g/mol. The van der Waals surface area contributed by atoms with E-state index in [1.165, 1.54) is 50.3 Å². The predicted molar refractivity (Wildman–Crippen MR) is 111 cm³/mol. The Kier molecular flexibility index (Phi) is 6.69. The molecule has 0 saturated heterocycles. The highest BCUT2D eigenvalue weighted by Gasteiger charge is 2.45. The van der Waals surface area contributed by atoms with Crippen molar-refractivity contribution < 1.29 is 19.0 Å². The fourth-order valence-corrected chi connectivity index (χ4v) is 5.64. The molecule has 3 rings (SSSR count). The van der Waals surface area contributed by atoms with Gasteiger partial charge in [-0.3, -0.25) is 0 Å². The van der Waals surface area contributed by atoms with Crippen molar-refractivity contribution in [2.24, 2.45) is 17.3 Å². The molecule has 156 valence electrons. The molecule has 4 heteroatoms. The van der Waals surface area contributed by atoms with Gasteiger partial charge < -0.3 is 14.2 Å². The second-order valence-electron chi connectivity index (χ2n) is 9.11. The quantitative estimate of drug-likeness (QED) is 0.465. The molecule has 0 heterocycles.